The Morgan fingerprint density at radius 2 is 1.00 bits per heavy atom. The maximum Gasteiger partial charge on any atom is 0.380 e. The zero-order chi connectivity index (χ0) is 15.4. The van der Waals surface area contributed by atoms with Crippen LogP contribution in [0, 0.1) is 0 Å². The van der Waals surface area contributed by atoms with Gasteiger partial charge in [0, 0.05) is 0 Å². The maximum absolute atomic E-state index is 11.3. The molecule has 0 saturated carbocycles. The van der Waals surface area contributed by atoms with Crippen molar-refractivity contribution in [3.8, 4) is 0 Å². The Hall–Kier alpha value is 0.431. The van der Waals surface area contributed by atoms with Crippen LogP contribution in [0.5, 0.6) is 0 Å². The van der Waals surface area contributed by atoms with Crippen LogP contribution in [-0.4, -0.2) is 47.4 Å². The molecule has 0 spiro atoms. The average Bonchev–Trinajstić information content (AvgIpc) is 1.64. The summed E-state index contributed by atoms with van der Waals surface area (Å²) in [6.07, 6.45) is 0. The number of hydrogen-bond donors (Lipinski definition) is 1. The van der Waals surface area contributed by atoms with E-state index in [4.69, 9.17) is 12.3 Å². The molecule has 1 N–H and O–H groups in total. The molecule has 7 nitrogen and oxygen atoms in total. The van der Waals surface area contributed by atoms with E-state index in [-0.39, 0.29) is 9.39 Å². The summed E-state index contributed by atoms with van der Waals surface area (Å²) >= 11 is 0. The minimum atomic E-state index is -3.77. The van der Waals surface area contributed by atoms with Crippen molar-refractivity contribution < 1.29 is 29.1 Å². The molecule has 0 aliphatic rings. The van der Waals surface area contributed by atoms with Gasteiger partial charge in [-0.05, 0) is 39.3 Å². The zero-order valence-electron chi connectivity index (χ0n) is 11.7. The molecule has 0 radical (unpaired) electrons. The highest BCUT2D eigenvalue weighted by Gasteiger charge is 2.30. The third-order valence-corrected chi connectivity index (χ3v) is 6.34. The van der Waals surface area contributed by atoms with Gasteiger partial charge in [0.2, 0.25) is 26.2 Å². The summed E-state index contributed by atoms with van der Waals surface area (Å²) in [5, 5.41) is 0. The van der Waals surface area contributed by atoms with Crippen LogP contribution in [0.4, 0.5) is 0 Å². The molecule has 12 heteroatoms. The van der Waals surface area contributed by atoms with E-state index >= 15 is 0 Å². The standard InChI is InChI=1S/C6H18O4SSi2.H4O3SSi/c1-12(2,3)9-11(7,8)10-13(4,5)6;1-4(2,3)5/h1-6H3;5H3,(H,1,2,3). The first-order chi connectivity index (χ1) is 7.41. The summed E-state index contributed by atoms with van der Waals surface area (Å²) in [6, 6.07) is 0. The molecular weight excluding hydrogens is 332 g/mol. The molecule has 0 unspecified atom stereocenters. The molecule has 0 amide bonds. The zero-order valence-corrected chi connectivity index (χ0v) is 17.3. The van der Waals surface area contributed by atoms with Crippen LogP contribution >= 0.6 is 0 Å². The van der Waals surface area contributed by atoms with Crippen LogP contribution < -0.4 is 0 Å². The molecule has 0 saturated heterocycles. The number of rotatable bonds is 4. The molecule has 0 aromatic heterocycles. The van der Waals surface area contributed by atoms with Crippen molar-refractivity contribution in [2.75, 3.05) is 0 Å². The van der Waals surface area contributed by atoms with Crippen molar-refractivity contribution in [1.82, 2.24) is 0 Å². The Bertz CT molecular complexity index is 413. The fourth-order valence-electron chi connectivity index (χ4n) is 0.629. The minimum absolute atomic E-state index is 0.164. The molecule has 112 valence electrons. The van der Waals surface area contributed by atoms with E-state index in [1.165, 1.54) is 0 Å². The minimum Gasteiger partial charge on any atom is -0.295 e. The SMILES string of the molecule is C[Si](C)(C)OS(=O)(=O)O[Si](C)(C)C.O=S(=O)(O)[SiH3]. The molecule has 0 fully saturated rings. The molecule has 0 heterocycles. The first-order valence-electron chi connectivity index (χ1n) is 5.00. The van der Waals surface area contributed by atoms with E-state index in [2.05, 4.69) is 0 Å². The molecule has 0 aromatic rings. The van der Waals surface area contributed by atoms with E-state index in [1.54, 1.807) is 39.3 Å². The largest absolute Gasteiger partial charge is 0.380 e. The Labute approximate surface area is 114 Å². The molecule has 0 aliphatic carbocycles. The van der Waals surface area contributed by atoms with Crippen LogP contribution in [-0.2, 0) is 27.7 Å². The topological polar surface area (TPSA) is 107 Å². The van der Waals surface area contributed by atoms with Gasteiger partial charge in [-0.2, -0.15) is 8.42 Å². The average molecular weight is 355 g/mol. The van der Waals surface area contributed by atoms with Crippen LogP contribution in [0.15, 0.2) is 0 Å². The Balaban J connectivity index is 0. The Morgan fingerprint density at radius 1 is 0.833 bits per heavy atom. The fraction of sp³-hybridized carbons (Fsp3) is 1.00. The lowest BCUT2D eigenvalue weighted by Gasteiger charge is -2.21. The van der Waals surface area contributed by atoms with E-state index in [0.717, 1.165) is 0 Å². The van der Waals surface area contributed by atoms with E-state index in [0.29, 0.717) is 0 Å². The summed E-state index contributed by atoms with van der Waals surface area (Å²) in [5.41, 5.74) is 0. The van der Waals surface area contributed by atoms with E-state index in [9.17, 15) is 16.8 Å². The predicted molar refractivity (Wildman–Crippen MR) is 79.3 cm³/mol. The summed E-state index contributed by atoms with van der Waals surface area (Å²) < 4.78 is 58.5. The van der Waals surface area contributed by atoms with Crippen molar-refractivity contribution >= 4 is 46.0 Å². The van der Waals surface area contributed by atoms with Gasteiger partial charge in [0.15, 0.2) is 9.39 Å². The van der Waals surface area contributed by atoms with Crippen LogP contribution in [0.3, 0.4) is 0 Å². The lowest BCUT2D eigenvalue weighted by molar-refractivity contribution is 0.390. The van der Waals surface area contributed by atoms with Gasteiger partial charge in [0.05, 0.1) is 0 Å². The van der Waals surface area contributed by atoms with Crippen LogP contribution in [0.25, 0.3) is 0 Å². The normalized spacial score (nSPS) is 13.9. The predicted octanol–water partition coefficient (Wildman–Crippen LogP) is 0.0888. The second-order valence-corrected chi connectivity index (χ2v) is 20.7. The molecule has 0 atom stereocenters. The second-order valence-electron chi connectivity index (χ2n) is 5.53. The quantitative estimate of drug-likeness (QED) is 0.563. The van der Waals surface area contributed by atoms with E-state index < -0.39 is 36.6 Å². The van der Waals surface area contributed by atoms with Gasteiger partial charge in [-0.1, -0.05) is 0 Å². The van der Waals surface area contributed by atoms with Gasteiger partial charge in [0.25, 0.3) is 0 Å². The van der Waals surface area contributed by atoms with Gasteiger partial charge >= 0.3 is 10.4 Å². The first-order valence-corrected chi connectivity index (χ1v) is 17.4. The molecule has 18 heavy (non-hydrogen) atoms. The summed E-state index contributed by atoms with van der Waals surface area (Å²) in [4.78, 5) is 0. The maximum atomic E-state index is 11.3. The smallest absolute Gasteiger partial charge is 0.295 e. The van der Waals surface area contributed by atoms with Crippen LogP contribution in [0.2, 0.25) is 39.3 Å². The Kier molecular flexibility index (Phi) is 7.76. The van der Waals surface area contributed by atoms with Crippen molar-refractivity contribution in [3.05, 3.63) is 0 Å². The third kappa shape index (κ3) is 25.3. The molecule has 0 aliphatic heterocycles. The van der Waals surface area contributed by atoms with Gasteiger partial charge < -0.3 is 0 Å². The molecule has 0 aromatic carbocycles. The highest BCUT2D eigenvalue weighted by Crippen LogP contribution is 2.14. The number of hydrogen-bond acceptors (Lipinski definition) is 6. The molecular formula is C6H22O7S2Si3. The van der Waals surface area contributed by atoms with Crippen molar-refractivity contribution in [1.29, 1.82) is 0 Å². The first kappa shape index (κ1) is 20.7. The highest BCUT2D eigenvalue weighted by atomic mass is 32.4. The summed E-state index contributed by atoms with van der Waals surface area (Å²) in [7, 11) is -11.6. The van der Waals surface area contributed by atoms with Crippen molar-refractivity contribution in [2.45, 2.75) is 39.3 Å². The third-order valence-electron chi connectivity index (χ3n) is 0.704. The summed E-state index contributed by atoms with van der Waals surface area (Å²) in [5.74, 6) is 0. The fourth-order valence-corrected chi connectivity index (χ4v) is 5.97. The highest BCUT2D eigenvalue weighted by molar-refractivity contribution is 8.07. The van der Waals surface area contributed by atoms with Gasteiger partial charge in [-0.25, -0.2) is 8.42 Å². The molecule has 0 rings (SSSR count). The lowest BCUT2D eigenvalue weighted by Crippen LogP contribution is -2.36. The van der Waals surface area contributed by atoms with Crippen LogP contribution in [0.1, 0.15) is 0 Å². The van der Waals surface area contributed by atoms with E-state index in [1.807, 2.05) is 0 Å². The van der Waals surface area contributed by atoms with Gasteiger partial charge in [-0.15, -0.1) is 0 Å². The lowest BCUT2D eigenvalue weighted by atomic mass is 11.8. The Morgan fingerprint density at radius 3 is 1.11 bits per heavy atom. The molecule has 0 bridgehead atoms. The van der Waals surface area contributed by atoms with Crippen molar-refractivity contribution in [3.63, 3.8) is 0 Å². The second kappa shape index (κ2) is 6.74. The van der Waals surface area contributed by atoms with Gasteiger partial charge in [0.1, 0.15) is 0 Å². The van der Waals surface area contributed by atoms with Crippen molar-refractivity contribution in [2.24, 2.45) is 0 Å². The monoisotopic (exact) mass is 354 g/mol. The summed E-state index contributed by atoms with van der Waals surface area (Å²) in [6.45, 7) is 10.8. The van der Waals surface area contributed by atoms with Gasteiger partial charge in [-0.3, -0.25) is 12.3 Å².